The summed E-state index contributed by atoms with van der Waals surface area (Å²) in [5.74, 6) is 0.419. The minimum Gasteiger partial charge on any atom is -0.350 e. The number of carbonyl (C=O) groups excluding carboxylic acids is 1. The molecule has 2 rings (SSSR count). The quantitative estimate of drug-likeness (QED) is 0.331. The molecule has 0 fully saturated rings. The number of hydrogen-bond donors (Lipinski definition) is 2. The molecule has 8 heteroatoms. The van der Waals surface area contributed by atoms with Crippen LogP contribution in [0.15, 0.2) is 59.6 Å². The van der Waals surface area contributed by atoms with Gasteiger partial charge in [0.1, 0.15) is 0 Å². The van der Waals surface area contributed by atoms with Crippen molar-refractivity contribution in [2.45, 2.75) is 19.5 Å². The van der Waals surface area contributed by atoms with Gasteiger partial charge in [0.2, 0.25) is 5.91 Å². The largest absolute Gasteiger partial charge is 0.350 e. The van der Waals surface area contributed by atoms with Crippen molar-refractivity contribution in [2.24, 2.45) is 4.99 Å². The average Bonchev–Trinajstić information content (AvgIpc) is 2.70. The molecule has 8 nitrogen and oxygen atoms in total. The van der Waals surface area contributed by atoms with Gasteiger partial charge in [0.25, 0.3) is 5.69 Å². The molecule has 2 aromatic rings. The van der Waals surface area contributed by atoms with Gasteiger partial charge in [-0.25, -0.2) is 4.99 Å². The number of carbonyl (C=O) groups is 1. The molecule has 0 bridgehead atoms. The summed E-state index contributed by atoms with van der Waals surface area (Å²) in [4.78, 5) is 28.2. The van der Waals surface area contributed by atoms with Crippen molar-refractivity contribution in [3.63, 3.8) is 0 Å². The molecule has 0 aliphatic heterocycles. The zero-order valence-electron chi connectivity index (χ0n) is 16.3. The highest BCUT2D eigenvalue weighted by Gasteiger charge is 2.10. The maximum atomic E-state index is 11.9. The molecule has 28 heavy (non-hydrogen) atoms. The van der Waals surface area contributed by atoms with E-state index < -0.39 is 4.92 Å². The van der Waals surface area contributed by atoms with Gasteiger partial charge in [-0.15, -0.1) is 0 Å². The van der Waals surface area contributed by atoms with E-state index in [4.69, 9.17) is 0 Å². The molecule has 0 aromatic heterocycles. The Kier molecular flexibility index (Phi) is 7.50. The van der Waals surface area contributed by atoms with Crippen LogP contribution in [0.5, 0.6) is 0 Å². The maximum Gasteiger partial charge on any atom is 0.269 e. The predicted octanol–water partition coefficient (Wildman–Crippen LogP) is 2.48. The minimum absolute atomic E-state index is 0.0150. The Morgan fingerprint density at radius 1 is 1.14 bits per heavy atom. The van der Waals surface area contributed by atoms with Gasteiger partial charge in [0, 0.05) is 26.2 Å². The first-order valence-corrected chi connectivity index (χ1v) is 8.90. The van der Waals surface area contributed by atoms with Crippen LogP contribution in [0.4, 0.5) is 5.69 Å². The fourth-order valence-corrected chi connectivity index (χ4v) is 2.39. The van der Waals surface area contributed by atoms with Gasteiger partial charge in [-0.1, -0.05) is 42.5 Å². The van der Waals surface area contributed by atoms with E-state index in [0.29, 0.717) is 12.5 Å². The maximum absolute atomic E-state index is 11.9. The minimum atomic E-state index is -0.435. The average molecular weight is 383 g/mol. The summed E-state index contributed by atoms with van der Waals surface area (Å²) in [6, 6.07) is 16.1. The fourth-order valence-electron chi connectivity index (χ4n) is 2.39. The first kappa shape index (κ1) is 20.9. The summed E-state index contributed by atoms with van der Waals surface area (Å²) >= 11 is 0. The number of nitro benzene ring substituents is 1. The number of nitro groups is 1. The molecular formula is C20H25N5O3. The number of amides is 1. The highest BCUT2D eigenvalue weighted by molar-refractivity contribution is 5.86. The van der Waals surface area contributed by atoms with E-state index >= 15 is 0 Å². The molecule has 2 N–H and O–H groups in total. The van der Waals surface area contributed by atoms with Crippen molar-refractivity contribution in [2.75, 3.05) is 20.6 Å². The summed E-state index contributed by atoms with van der Waals surface area (Å²) in [6.45, 7) is 2.44. The van der Waals surface area contributed by atoms with Gasteiger partial charge in [0.15, 0.2) is 5.96 Å². The summed E-state index contributed by atoms with van der Waals surface area (Å²) in [5, 5.41) is 17.1. The Bertz CT molecular complexity index is 819. The van der Waals surface area contributed by atoms with E-state index in [1.807, 2.05) is 37.3 Å². The van der Waals surface area contributed by atoms with Crippen molar-refractivity contribution in [1.29, 1.82) is 0 Å². The standard InChI is InChI=1S/C20H25N5O3/c1-15(17-7-5-4-6-8-17)23-20(22-14-19(26)24(2)3)21-13-16-9-11-18(12-10-16)25(27)28/h4-12,15H,13-14H2,1-3H3,(H2,21,22,23). The Labute approximate surface area is 164 Å². The monoisotopic (exact) mass is 383 g/mol. The number of rotatable bonds is 7. The van der Waals surface area contributed by atoms with Crippen molar-refractivity contribution < 1.29 is 9.72 Å². The normalized spacial score (nSPS) is 12.2. The van der Waals surface area contributed by atoms with Crippen LogP contribution in [0.1, 0.15) is 24.1 Å². The first-order valence-electron chi connectivity index (χ1n) is 8.90. The molecule has 1 atom stereocenters. The van der Waals surface area contributed by atoms with Gasteiger partial charge in [0.05, 0.1) is 24.1 Å². The number of nitrogens with zero attached hydrogens (tertiary/aromatic N) is 3. The number of guanidine groups is 1. The molecule has 0 spiro atoms. The van der Waals surface area contributed by atoms with E-state index in [0.717, 1.165) is 11.1 Å². The molecular weight excluding hydrogens is 358 g/mol. The van der Waals surface area contributed by atoms with Crippen LogP contribution in [-0.2, 0) is 11.3 Å². The molecule has 148 valence electrons. The summed E-state index contributed by atoms with van der Waals surface area (Å²) in [6.07, 6.45) is 0. The molecule has 1 unspecified atom stereocenters. The van der Waals surface area contributed by atoms with E-state index in [1.54, 1.807) is 26.2 Å². The second kappa shape index (κ2) is 10.1. The summed E-state index contributed by atoms with van der Waals surface area (Å²) in [5.41, 5.74) is 1.96. The van der Waals surface area contributed by atoms with Gasteiger partial charge in [-0.3, -0.25) is 14.9 Å². The number of aliphatic imine (C=N–C) groups is 1. The Hall–Kier alpha value is -3.42. The Morgan fingerprint density at radius 3 is 2.36 bits per heavy atom. The zero-order chi connectivity index (χ0) is 20.5. The van der Waals surface area contributed by atoms with Crippen LogP contribution in [0.2, 0.25) is 0 Å². The van der Waals surface area contributed by atoms with Crippen LogP contribution in [0.3, 0.4) is 0 Å². The van der Waals surface area contributed by atoms with Gasteiger partial charge >= 0.3 is 0 Å². The lowest BCUT2D eigenvalue weighted by molar-refractivity contribution is -0.384. The van der Waals surface area contributed by atoms with E-state index in [9.17, 15) is 14.9 Å². The lowest BCUT2D eigenvalue weighted by Gasteiger charge is -2.19. The number of likely N-dealkylation sites (N-methyl/N-ethyl adjacent to an activating group) is 1. The first-order chi connectivity index (χ1) is 13.4. The molecule has 2 aromatic carbocycles. The summed E-state index contributed by atoms with van der Waals surface area (Å²) < 4.78 is 0. The smallest absolute Gasteiger partial charge is 0.269 e. The Morgan fingerprint density at radius 2 is 1.79 bits per heavy atom. The van der Waals surface area contributed by atoms with Crippen molar-refractivity contribution in [3.05, 3.63) is 75.8 Å². The molecule has 0 saturated carbocycles. The van der Waals surface area contributed by atoms with E-state index in [-0.39, 0.29) is 24.2 Å². The molecule has 0 saturated heterocycles. The SMILES string of the molecule is CC(NC(=NCc1ccc([N+](=O)[O-])cc1)NCC(=O)N(C)C)c1ccccc1. The van der Waals surface area contributed by atoms with Crippen LogP contribution >= 0.6 is 0 Å². The van der Waals surface area contributed by atoms with Crippen LogP contribution in [0.25, 0.3) is 0 Å². The van der Waals surface area contributed by atoms with Crippen LogP contribution in [0, 0.1) is 10.1 Å². The van der Waals surface area contributed by atoms with Crippen molar-refractivity contribution in [1.82, 2.24) is 15.5 Å². The highest BCUT2D eigenvalue weighted by Crippen LogP contribution is 2.13. The zero-order valence-corrected chi connectivity index (χ0v) is 16.3. The van der Waals surface area contributed by atoms with Crippen LogP contribution in [-0.4, -0.2) is 42.3 Å². The highest BCUT2D eigenvalue weighted by atomic mass is 16.6. The van der Waals surface area contributed by atoms with Gasteiger partial charge in [-0.2, -0.15) is 0 Å². The van der Waals surface area contributed by atoms with Gasteiger partial charge in [-0.05, 0) is 18.1 Å². The Balaban J connectivity index is 2.10. The molecule has 1 amide bonds. The summed E-state index contributed by atoms with van der Waals surface area (Å²) in [7, 11) is 3.38. The van der Waals surface area contributed by atoms with Crippen molar-refractivity contribution >= 4 is 17.6 Å². The second-order valence-electron chi connectivity index (χ2n) is 6.51. The van der Waals surface area contributed by atoms with E-state index in [2.05, 4.69) is 15.6 Å². The molecule has 0 aliphatic carbocycles. The number of hydrogen-bond acceptors (Lipinski definition) is 4. The van der Waals surface area contributed by atoms with Gasteiger partial charge < -0.3 is 15.5 Å². The topological polar surface area (TPSA) is 99.9 Å². The third-order valence-corrected chi connectivity index (χ3v) is 4.13. The third-order valence-electron chi connectivity index (χ3n) is 4.13. The van der Waals surface area contributed by atoms with Crippen molar-refractivity contribution in [3.8, 4) is 0 Å². The van der Waals surface area contributed by atoms with Crippen LogP contribution < -0.4 is 10.6 Å². The number of non-ortho nitro benzene ring substituents is 1. The lowest BCUT2D eigenvalue weighted by atomic mass is 10.1. The third kappa shape index (κ3) is 6.39. The molecule has 0 aliphatic rings. The number of benzene rings is 2. The number of nitrogens with one attached hydrogen (secondary N) is 2. The molecule has 0 radical (unpaired) electrons. The molecule has 0 heterocycles. The predicted molar refractivity (Wildman–Crippen MR) is 109 cm³/mol. The second-order valence-corrected chi connectivity index (χ2v) is 6.51. The fraction of sp³-hybridized carbons (Fsp3) is 0.300. The van der Waals surface area contributed by atoms with E-state index in [1.165, 1.54) is 17.0 Å². The lowest BCUT2D eigenvalue weighted by Crippen LogP contribution is -2.43.